The molecule has 0 atom stereocenters. The minimum Gasteiger partial charge on any atom is -0.507 e. The van der Waals surface area contributed by atoms with Crippen LogP contribution in [-0.4, -0.2) is 22.9 Å². The van der Waals surface area contributed by atoms with Crippen LogP contribution in [0.4, 0.5) is 13.2 Å². The van der Waals surface area contributed by atoms with Gasteiger partial charge in [0, 0.05) is 17.8 Å². The highest BCUT2D eigenvalue weighted by molar-refractivity contribution is 5.64. The SMILES string of the molecule is OC(=C1CC1)c1ccc(OCCC(F)(F)F)nc1. The number of aliphatic hydroxyl groups is 1. The molecule has 1 aliphatic carbocycles. The number of allylic oxidation sites excluding steroid dienone is 1. The van der Waals surface area contributed by atoms with Crippen molar-refractivity contribution in [1.82, 2.24) is 4.98 Å². The van der Waals surface area contributed by atoms with Crippen molar-refractivity contribution in [2.75, 3.05) is 6.61 Å². The summed E-state index contributed by atoms with van der Waals surface area (Å²) in [4.78, 5) is 3.85. The molecular formula is C12H12F3NO2. The Morgan fingerprint density at radius 3 is 2.56 bits per heavy atom. The van der Waals surface area contributed by atoms with Crippen LogP contribution in [0.15, 0.2) is 23.9 Å². The molecule has 2 rings (SSSR count). The minimum absolute atomic E-state index is 0.122. The topological polar surface area (TPSA) is 42.4 Å². The van der Waals surface area contributed by atoms with Gasteiger partial charge in [-0.3, -0.25) is 0 Å². The number of alkyl halides is 3. The normalized spacial score (nSPS) is 14.5. The average molecular weight is 259 g/mol. The van der Waals surface area contributed by atoms with E-state index in [1.165, 1.54) is 12.3 Å². The van der Waals surface area contributed by atoms with E-state index in [0.29, 0.717) is 5.56 Å². The predicted octanol–water partition coefficient (Wildman–Crippen LogP) is 3.48. The summed E-state index contributed by atoms with van der Waals surface area (Å²) >= 11 is 0. The summed E-state index contributed by atoms with van der Waals surface area (Å²) in [5.41, 5.74) is 1.54. The lowest BCUT2D eigenvalue weighted by molar-refractivity contribution is -0.139. The number of hydrogen-bond acceptors (Lipinski definition) is 3. The zero-order valence-corrected chi connectivity index (χ0v) is 9.50. The molecule has 18 heavy (non-hydrogen) atoms. The van der Waals surface area contributed by atoms with E-state index in [1.54, 1.807) is 6.07 Å². The molecular weight excluding hydrogens is 247 g/mol. The molecule has 6 heteroatoms. The third-order valence-corrected chi connectivity index (χ3v) is 2.48. The fraction of sp³-hybridized carbons (Fsp3) is 0.417. The van der Waals surface area contributed by atoms with Gasteiger partial charge in [0.25, 0.3) is 0 Å². The predicted molar refractivity (Wildman–Crippen MR) is 59.2 cm³/mol. The number of nitrogens with zero attached hydrogens (tertiary/aromatic N) is 1. The van der Waals surface area contributed by atoms with Gasteiger partial charge in [0.2, 0.25) is 5.88 Å². The van der Waals surface area contributed by atoms with Crippen molar-refractivity contribution in [3.63, 3.8) is 0 Å². The van der Waals surface area contributed by atoms with Crippen LogP contribution in [-0.2, 0) is 0 Å². The molecule has 1 saturated carbocycles. The van der Waals surface area contributed by atoms with Gasteiger partial charge in [-0.15, -0.1) is 0 Å². The quantitative estimate of drug-likeness (QED) is 0.842. The Bertz CT molecular complexity index is 445. The molecule has 1 fully saturated rings. The average Bonchev–Trinajstić information content (AvgIpc) is 3.11. The molecule has 1 aliphatic rings. The number of pyridine rings is 1. The highest BCUT2D eigenvalue weighted by atomic mass is 19.4. The van der Waals surface area contributed by atoms with Crippen LogP contribution in [0.2, 0.25) is 0 Å². The highest BCUT2D eigenvalue weighted by Crippen LogP contribution is 2.34. The number of aliphatic hydroxyl groups excluding tert-OH is 1. The zero-order valence-electron chi connectivity index (χ0n) is 9.50. The molecule has 0 unspecified atom stereocenters. The van der Waals surface area contributed by atoms with E-state index < -0.39 is 19.2 Å². The fourth-order valence-electron chi connectivity index (χ4n) is 1.38. The van der Waals surface area contributed by atoms with Crippen LogP contribution in [0.5, 0.6) is 5.88 Å². The first-order valence-corrected chi connectivity index (χ1v) is 5.53. The zero-order chi connectivity index (χ0) is 13.2. The highest BCUT2D eigenvalue weighted by Gasteiger charge is 2.26. The van der Waals surface area contributed by atoms with Crippen molar-refractivity contribution in [2.24, 2.45) is 0 Å². The first-order chi connectivity index (χ1) is 8.46. The summed E-state index contributed by atoms with van der Waals surface area (Å²) < 4.78 is 40.5. The van der Waals surface area contributed by atoms with Crippen molar-refractivity contribution in [1.29, 1.82) is 0 Å². The van der Waals surface area contributed by atoms with Crippen LogP contribution >= 0.6 is 0 Å². The van der Waals surface area contributed by atoms with Crippen LogP contribution < -0.4 is 4.74 Å². The number of hydrogen-bond donors (Lipinski definition) is 1. The molecule has 0 radical (unpaired) electrons. The maximum atomic E-state index is 11.9. The van der Waals surface area contributed by atoms with Gasteiger partial charge in [-0.2, -0.15) is 13.2 Å². The number of halogens is 3. The maximum Gasteiger partial charge on any atom is 0.392 e. The van der Waals surface area contributed by atoms with Gasteiger partial charge >= 0.3 is 6.18 Å². The van der Waals surface area contributed by atoms with E-state index in [4.69, 9.17) is 4.74 Å². The van der Waals surface area contributed by atoms with Crippen molar-refractivity contribution < 1.29 is 23.0 Å². The lowest BCUT2D eigenvalue weighted by Gasteiger charge is -2.08. The monoisotopic (exact) mass is 259 g/mol. The van der Waals surface area contributed by atoms with Crippen LogP contribution in [0, 0.1) is 0 Å². The summed E-state index contributed by atoms with van der Waals surface area (Å²) in [6.07, 6.45) is -2.07. The molecule has 1 aromatic heterocycles. The van der Waals surface area contributed by atoms with Gasteiger partial charge in [-0.25, -0.2) is 4.98 Å². The second-order valence-electron chi connectivity index (χ2n) is 4.05. The molecule has 3 nitrogen and oxygen atoms in total. The van der Waals surface area contributed by atoms with E-state index in [2.05, 4.69) is 4.98 Å². The first-order valence-electron chi connectivity index (χ1n) is 5.53. The Morgan fingerprint density at radius 2 is 2.06 bits per heavy atom. The maximum absolute atomic E-state index is 11.9. The number of ether oxygens (including phenoxy) is 1. The molecule has 0 aromatic carbocycles. The fourth-order valence-corrected chi connectivity index (χ4v) is 1.38. The lowest BCUT2D eigenvalue weighted by atomic mass is 10.2. The van der Waals surface area contributed by atoms with Crippen molar-refractivity contribution >= 4 is 5.76 Å². The van der Waals surface area contributed by atoms with E-state index in [9.17, 15) is 18.3 Å². The van der Waals surface area contributed by atoms with Gasteiger partial charge in [-0.05, 0) is 24.5 Å². The van der Waals surface area contributed by atoms with Crippen molar-refractivity contribution in [2.45, 2.75) is 25.4 Å². The molecule has 1 heterocycles. The summed E-state index contributed by atoms with van der Waals surface area (Å²) in [5.74, 6) is 0.334. The Kier molecular flexibility index (Phi) is 3.45. The second kappa shape index (κ2) is 4.88. The number of rotatable bonds is 4. The third-order valence-electron chi connectivity index (χ3n) is 2.48. The Labute approximate surface area is 102 Å². The van der Waals surface area contributed by atoms with Gasteiger partial charge in [0.15, 0.2) is 0 Å². The molecule has 1 N–H and O–H groups in total. The van der Waals surface area contributed by atoms with E-state index in [1.807, 2.05) is 0 Å². The Morgan fingerprint density at radius 1 is 1.33 bits per heavy atom. The standard InChI is InChI=1S/C12H12F3NO2/c13-12(14,15)5-6-18-10-4-3-9(7-16-10)11(17)8-1-2-8/h3-4,7,17H,1-2,5-6H2. The third kappa shape index (κ3) is 3.65. The summed E-state index contributed by atoms with van der Waals surface area (Å²) in [7, 11) is 0. The molecule has 0 bridgehead atoms. The van der Waals surface area contributed by atoms with Crippen molar-refractivity contribution in [3.8, 4) is 5.88 Å². The second-order valence-corrected chi connectivity index (χ2v) is 4.05. The molecule has 0 spiro atoms. The van der Waals surface area contributed by atoms with E-state index in [0.717, 1.165) is 18.4 Å². The smallest absolute Gasteiger partial charge is 0.392 e. The molecule has 98 valence electrons. The molecule has 0 aliphatic heterocycles. The minimum atomic E-state index is -4.23. The van der Waals surface area contributed by atoms with Crippen LogP contribution in [0.1, 0.15) is 24.8 Å². The number of aromatic nitrogens is 1. The Hall–Kier alpha value is -1.72. The molecule has 0 amide bonds. The molecule has 0 saturated heterocycles. The first kappa shape index (κ1) is 12.7. The van der Waals surface area contributed by atoms with Gasteiger partial charge < -0.3 is 9.84 Å². The van der Waals surface area contributed by atoms with E-state index >= 15 is 0 Å². The van der Waals surface area contributed by atoms with Crippen LogP contribution in [0.3, 0.4) is 0 Å². The summed E-state index contributed by atoms with van der Waals surface area (Å²) in [5, 5.41) is 9.68. The summed E-state index contributed by atoms with van der Waals surface area (Å²) in [6.45, 7) is -0.455. The van der Waals surface area contributed by atoms with Crippen LogP contribution in [0.25, 0.3) is 5.76 Å². The van der Waals surface area contributed by atoms with Gasteiger partial charge in [0.05, 0.1) is 13.0 Å². The lowest BCUT2D eigenvalue weighted by Crippen LogP contribution is -2.13. The van der Waals surface area contributed by atoms with E-state index in [-0.39, 0.29) is 11.6 Å². The summed E-state index contributed by atoms with van der Waals surface area (Å²) in [6, 6.07) is 3.03. The largest absolute Gasteiger partial charge is 0.507 e. The van der Waals surface area contributed by atoms with Gasteiger partial charge in [-0.1, -0.05) is 0 Å². The van der Waals surface area contributed by atoms with Crippen molar-refractivity contribution in [3.05, 3.63) is 29.5 Å². The van der Waals surface area contributed by atoms with Gasteiger partial charge in [0.1, 0.15) is 5.76 Å². The Balaban J connectivity index is 1.90. The molecule has 1 aromatic rings.